The Balaban J connectivity index is 1.37. The van der Waals surface area contributed by atoms with Crippen LogP contribution in [0.5, 0.6) is 0 Å². The van der Waals surface area contributed by atoms with Gasteiger partial charge >= 0.3 is 0 Å². The molecule has 3 heterocycles. The van der Waals surface area contributed by atoms with Crippen LogP contribution in [0.4, 0.5) is 11.6 Å². The van der Waals surface area contributed by atoms with Gasteiger partial charge in [0.1, 0.15) is 11.3 Å². The van der Waals surface area contributed by atoms with Crippen LogP contribution in [0.1, 0.15) is 29.3 Å². The fraction of sp³-hybridized carbons (Fsp3) is 0.200. The topological polar surface area (TPSA) is 118 Å². The number of allylic oxidation sites excluding steroid dienone is 2. The minimum atomic E-state index is -0.833. The second-order valence-electron chi connectivity index (χ2n) is 8.20. The molecule has 1 aliphatic rings. The Morgan fingerprint density at radius 1 is 1.26 bits per heavy atom. The number of rotatable bonds is 6. The Morgan fingerprint density at radius 3 is 2.97 bits per heavy atom. The summed E-state index contributed by atoms with van der Waals surface area (Å²) in [7, 11) is 0. The molecular weight excluding hydrogens is 432 g/mol. The quantitative estimate of drug-likeness (QED) is 0.404. The normalized spacial score (nSPS) is 19.4. The lowest BCUT2D eigenvalue weighted by Crippen LogP contribution is -2.55. The van der Waals surface area contributed by atoms with Gasteiger partial charge in [-0.3, -0.25) is 4.79 Å². The first-order valence-electron chi connectivity index (χ1n) is 11.0. The van der Waals surface area contributed by atoms with Gasteiger partial charge in [0.25, 0.3) is 5.91 Å². The monoisotopic (exact) mass is 456 g/mol. The zero-order valence-electron chi connectivity index (χ0n) is 18.8. The van der Waals surface area contributed by atoms with Crippen molar-refractivity contribution < 1.29 is 14.3 Å². The minimum absolute atomic E-state index is 0.273. The number of aliphatic hydroxyl groups is 1. The Hall–Kier alpha value is -4.24. The summed E-state index contributed by atoms with van der Waals surface area (Å²) in [6.07, 6.45) is 13.5. The van der Waals surface area contributed by atoms with Gasteiger partial charge in [-0.15, -0.1) is 0 Å². The number of nitrogens with zero attached hydrogens (tertiary/aromatic N) is 4. The summed E-state index contributed by atoms with van der Waals surface area (Å²) in [6.45, 7) is 3.83. The molecule has 0 saturated heterocycles. The molecule has 2 unspecified atom stereocenters. The molecule has 0 radical (unpaired) electrons. The smallest absolute Gasteiger partial charge is 0.253 e. The lowest BCUT2D eigenvalue weighted by atomic mass is 9.85. The van der Waals surface area contributed by atoms with Crippen molar-refractivity contribution in [2.75, 3.05) is 5.32 Å². The third-order valence-electron chi connectivity index (χ3n) is 5.99. The predicted molar refractivity (Wildman–Crippen MR) is 128 cm³/mol. The maximum Gasteiger partial charge on any atom is 0.253 e. The highest BCUT2D eigenvalue weighted by Gasteiger charge is 2.35. The summed E-state index contributed by atoms with van der Waals surface area (Å²) in [4.78, 5) is 26.2. The van der Waals surface area contributed by atoms with Crippen LogP contribution in [0.25, 0.3) is 16.9 Å². The number of oxazole rings is 1. The fourth-order valence-electron chi connectivity index (χ4n) is 3.96. The van der Waals surface area contributed by atoms with E-state index in [9.17, 15) is 9.90 Å². The molecule has 3 aromatic heterocycles. The number of nitrogens with one attached hydrogen (secondary N) is 2. The molecule has 0 spiro atoms. The second-order valence-corrected chi connectivity index (χ2v) is 8.20. The molecular formula is C25H24N6O3. The highest BCUT2D eigenvalue weighted by atomic mass is 16.3. The molecule has 1 aromatic carbocycles. The number of carbonyl (C=O) groups excluding carboxylic acids is 1. The maximum atomic E-state index is 13.0. The maximum absolute atomic E-state index is 13.0. The van der Waals surface area contributed by atoms with E-state index in [4.69, 9.17) is 4.42 Å². The van der Waals surface area contributed by atoms with Gasteiger partial charge in [0.15, 0.2) is 12.0 Å². The molecule has 4 aromatic rings. The van der Waals surface area contributed by atoms with Gasteiger partial charge in [0.05, 0.1) is 17.2 Å². The van der Waals surface area contributed by atoms with E-state index < -0.39 is 11.6 Å². The van der Waals surface area contributed by atoms with Crippen molar-refractivity contribution in [3.05, 3.63) is 84.7 Å². The summed E-state index contributed by atoms with van der Waals surface area (Å²) in [6, 6.07) is 7.27. The molecule has 0 bridgehead atoms. The van der Waals surface area contributed by atoms with Crippen LogP contribution in [0.15, 0.2) is 78.0 Å². The van der Waals surface area contributed by atoms with Gasteiger partial charge in [-0.25, -0.2) is 9.97 Å². The number of aliphatic hydroxyl groups excluding tert-OH is 1. The predicted octanol–water partition coefficient (Wildman–Crippen LogP) is 3.83. The van der Waals surface area contributed by atoms with Gasteiger partial charge in [-0.2, -0.15) is 4.98 Å². The highest BCUT2D eigenvalue weighted by molar-refractivity contribution is 5.95. The van der Waals surface area contributed by atoms with Crippen molar-refractivity contribution >= 4 is 28.6 Å². The summed E-state index contributed by atoms with van der Waals surface area (Å²) in [5.41, 5.74) is 2.69. The Kier molecular flexibility index (Phi) is 5.46. The van der Waals surface area contributed by atoms with E-state index >= 15 is 0 Å². The van der Waals surface area contributed by atoms with E-state index in [1.54, 1.807) is 41.4 Å². The zero-order chi connectivity index (χ0) is 23.7. The van der Waals surface area contributed by atoms with Crippen molar-refractivity contribution in [1.29, 1.82) is 0 Å². The lowest BCUT2D eigenvalue weighted by Gasteiger charge is -2.35. The zero-order valence-corrected chi connectivity index (χ0v) is 18.8. The van der Waals surface area contributed by atoms with Gasteiger partial charge in [-0.1, -0.05) is 31.2 Å². The molecule has 0 saturated carbocycles. The fourth-order valence-corrected chi connectivity index (χ4v) is 3.96. The SMILES string of the molecule is CCC1(NC(=O)c2ccn(-c3nc(Nc4ccc5ocnc5c4)ncc3C)c2)C=CC=CC1O. The van der Waals surface area contributed by atoms with Crippen LogP contribution < -0.4 is 10.6 Å². The standard InChI is InChI=1S/C25H24N6O3/c1-3-25(10-5-4-6-21(25)32)30-23(33)17-9-11-31(14-17)22-16(2)13-26-24(29-22)28-18-7-8-20-19(12-18)27-15-34-20/h4-15,21,32H,3H2,1-2H3,(H,30,33)(H,26,28,29). The number of benzene rings is 1. The van der Waals surface area contributed by atoms with Crippen molar-refractivity contribution in [2.24, 2.45) is 0 Å². The number of hydrogen-bond donors (Lipinski definition) is 3. The number of aryl methyl sites for hydroxylation is 1. The van der Waals surface area contributed by atoms with E-state index in [-0.39, 0.29) is 5.91 Å². The van der Waals surface area contributed by atoms with Crippen molar-refractivity contribution in [1.82, 2.24) is 24.8 Å². The van der Waals surface area contributed by atoms with Crippen molar-refractivity contribution in [3.8, 4) is 5.82 Å². The van der Waals surface area contributed by atoms with Crippen LogP contribution in [0.3, 0.4) is 0 Å². The molecule has 0 fully saturated rings. The molecule has 3 N–H and O–H groups in total. The largest absolute Gasteiger partial charge is 0.443 e. The van der Waals surface area contributed by atoms with Crippen LogP contribution in [-0.2, 0) is 0 Å². The molecule has 2 atom stereocenters. The Bertz CT molecular complexity index is 1420. The van der Waals surface area contributed by atoms with Crippen LogP contribution in [0, 0.1) is 6.92 Å². The summed E-state index contributed by atoms with van der Waals surface area (Å²) < 4.78 is 7.06. The molecule has 9 heteroatoms. The van der Waals surface area contributed by atoms with E-state index in [0.29, 0.717) is 29.3 Å². The summed E-state index contributed by atoms with van der Waals surface area (Å²) in [5.74, 6) is 0.783. The first-order chi connectivity index (χ1) is 16.5. The third-order valence-corrected chi connectivity index (χ3v) is 5.99. The molecule has 5 rings (SSSR count). The summed E-state index contributed by atoms with van der Waals surface area (Å²) in [5, 5.41) is 16.6. The average Bonchev–Trinajstić information content (AvgIpc) is 3.51. The molecule has 34 heavy (non-hydrogen) atoms. The van der Waals surface area contributed by atoms with Gasteiger partial charge in [-0.05, 0) is 37.6 Å². The first kappa shape index (κ1) is 21.6. The van der Waals surface area contributed by atoms with Crippen LogP contribution >= 0.6 is 0 Å². The van der Waals surface area contributed by atoms with Crippen LogP contribution in [0.2, 0.25) is 0 Å². The summed E-state index contributed by atoms with van der Waals surface area (Å²) >= 11 is 0. The van der Waals surface area contributed by atoms with E-state index in [2.05, 4.69) is 25.6 Å². The van der Waals surface area contributed by atoms with Crippen molar-refractivity contribution in [2.45, 2.75) is 31.9 Å². The van der Waals surface area contributed by atoms with Gasteiger partial charge in [0.2, 0.25) is 5.95 Å². The van der Waals surface area contributed by atoms with Gasteiger partial charge in [0, 0.05) is 29.8 Å². The number of amides is 1. The Labute approximate surface area is 195 Å². The molecule has 0 aliphatic heterocycles. The number of fused-ring (bicyclic) bond motifs is 1. The van der Waals surface area contributed by atoms with E-state index in [0.717, 1.165) is 16.8 Å². The van der Waals surface area contributed by atoms with Gasteiger partial charge < -0.3 is 24.7 Å². The molecule has 1 aliphatic carbocycles. The number of hydrogen-bond acceptors (Lipinski definition) is 7. The minimum Gasteiger partial charge on any atom is -0.443 e. The highest BCUT2D eigenvalue weighted by Crippen LogP contribution is 2.24. The number of anilines is 2. The Morgan fingerprint density at radius 2 is 2.15 bits per heavy atom. The lowest BCUT2D eigenvalue weighted by molar-refractivity contribution is 0.0789. The van der Waals surface area contributed by atoms with Crippen molar-refractivity contribution in [3.63, 3.8) is 0 Å². The first-order valence-corrected chi connectivity index (χ1v) is 11.0. The number of carbonyl (C=O) groups is 1. The van der Waals surface area contributed by atoms with Crippen LogP contribution in [-0.4, -0.2) is 42.2 Å². The third kappa shape index (κ3) is 3.97. The van der Waals surface area contributed by atoms with E-state index in [1.165, 1.54) is 6.39 Å². The average molecular weight is 457 g/mol. The molecule has 172 valence electrons. The molecule has 1 amide bonds. The molecule has 9 nitrogen and oxygen atoms in total. The second kappa shape index (κ2) is 8.60. The number of aromatic nitrogens is 4. The van der Waals surface area contributed by atoms with E-state index in [1.807, 2.05) is 44.2 Å².